The summed E-state index contributed by atoms with van der Waals surface area (Å²) < 4.78 is 0.991. The van der Waals surface area contributed by atoms with Gasteiger partial charge in [0, 0.05) is 27.1 Å². The van der Waals surface area contributed by atoms with E-state index in [2.05, 4.69) is 20.9 Å². The molecule has 1 heterocycles. The van der Waals surface area contributed by atoms with Crippen molar-refractivity contribution in [1.82, 2.24) is 4.98 Å². The Balaban J connectivity index is 2.43. The summed E-state index contributed by atoms with van der Waals surface area (Å²) in [7, 11) is 0. The van der Waals surface area contributed by atoms with Gasteiger partial charge in [-0.3, -0.25) is 0 Å². The van der Waals surface area contributed by atoms with Crippen molar-refractivity contribution in [2.45, 2.75) is 0 Å². The maximum absolute atomic E-state index is 10.3. The van der Waals surface area contributed by atoms with Crippen LogP contribution in [0.15, 0.2) is 34.8 Å². The Morgan fingerprint density at radius 1 is 1.40 bits per heavy atom. The van der Waals surface area contributed by atoms with E-state index in [1.807, 2.05) is 24.3 Å². The van der Waals surface area contributed by atoms with Crippen LogP contribution in [-0.2, 0) is 4.79 Å². The van der Waals surface area contributed by atoms with Gasteiger partial charge in [-0.15, -0.1) is 0 Å². The molecule has 0 unspecified atom stereocenters. The Bertz CT molecular complexity index is 543. The summed E-state index contributed by atoms with van der Waals surface area (Å²) in [5.74, 6) is -0.949. The fourth-order valence-corrected chi connectivity index (χ4v) is 1.73. The molecule has 0 radical (unpaired) electrons. The second-order valence-electron chi connectivity index (χ2n) is 3.13. The van der Waals surface area contributed by atoms with Crippen LogP contribution < -0.4 is 0 Å². The fraction of sp³-hybridized carbons (Fsp3) is 0. The van der Waals surface area contributed by atoms with Crippen LogP contribution in [0.4, 0.5) is 0 Å². The molecule has 2 rings (SSSR count). The SMILES string of the molecule is O=C(O)C=Cc1cc2ccc(Br)cc2[nH]1. The molecule has 76 valence electrons. The molecular formula is C11H8BrNO2. The number of halogens is 1. The van der Waals surface area contributed by atoms with Crippen molar-refractivity contribution in [2.24, 2.45) is 0 Å². The van der Waals surface area contributed by atoms with E-state index in [9.17, 15) is 4.79 Å². The van der Waals surface area contributed by atoms with Crippen LogP contribution in [0.1, 0.15) is 5.69 Å². The molecule has 0 aliphatic carbocycles. The van der Waals surface area contributed by atoms with Gasteiger partial charge in [-0.2, -0.15) is 0 Å². The maximum atomic E-state index is 10.3. The Morgan fingerprint density at radius 3 is 2.93 bits per heavy atom. The molecule has 0 aliphatic rings. The van der Waals surface area contributed by atoms with Gasteiger partial charge < -0.3 is 10.1 Å². The number of carboxylic acids is 1. The summed E-state index contributed by atoms with van der Waals surface area (Å²) >= 11 is 3.37. The molecule has 1 aromatic carbocycles. The molecular weight excluding hydrogens is 258 g/mol. The lowest BCUT2D eigenvalue weighted by Crippen LogP contribution is -1.85. The summed E-state index contributed by atoms with van der Waals surface area (Å²) in [6, 6.07) is 7.77. The van der Waals surface area contributed by atoms with E-state index in [1.165, 1.54) is 6.08 Å². The first-order valence-electron chi connectivity index (χ1n) is 4.34. The van der Waals surface area contributed by atoms with E-state index in [1.54, 1.807) is 0 Å². The number of aromatic amines is 1. The Kier molecular flexibility index (Phi) is 2.60. The third-order valence-electron chi connectivity index (χ3n) is 2.01. The summed E-state index contributed by atoms with van der Waals surface area (Å²) in [6.07, 6.45) is 2.65. The second kappa shape index (κ2) is 3.90. The Labute approximate surface area is 94.6 Å². The largest absolute Gasteiger partial charge is 0.478 e. The summed E-state index contributed by atoms with van der Waals surface area (Å²) in [5, 5.41) is 9.54. The third kappa shape index (κ3) is 2.27. The zero-order valence-electron chi connectivity index (χ0n) is 7.70. The molecule has 1 aromatic heterocycles. The average molecular weight is 266 g/mol. The lowest BCUT2D eigenvalue weighted by atomic mass is 10.2. The number of nitrogens with one attached hydrogen (secondary N) is 1. The van der Waals surface area contributed by atoms with Crippen molar-refractivity contribution >= 4 is 38.9 Å². The number of fused-ring (bicyclic) bond motifs is 1. The van der Waals surface area contributed by atoms with Crippen molar-refractivity contribution < 1.29 is 9.90 Å². The molecule has 3 nitrogen and oxygen atoms in total. The second-order valence-corrected chi connectivity index (χ2v) is 4.04. The lowest BCUT2D eigenvalue weighted by molar-refractivity contribution is -0.131. The van der Waals surface area contributed by atoms with Gasteiger partial charge >= 0.3 is 5.97 Å². The van der Waals surface area contributed by atoms with Gasteiger partial charge in [0.1, 0.15) is 0 Å². The first kappa shape index (κ1) is 9.98. The van der Waals surface area contributed by atoms with Crippen LogP contribution in [0.5, 0.6) is 0 Å². The molecule has 2 aromatic rings. The summed E-state index contributed by atoms with van der Waals surface area (Å²) in [4.78, 5) is 13.4. The number of benzene rings is 1. The number of hydrogen-bond acceptors (Lipinski definition) is 1. The summed E-state index contributed by atoms with van der Waals surface area (Å²) in [6.45, 7) is 0. The van der Waals surface area contributed by atoms with Crippen LogP contribution in [-0.4, -0.2) is 16.1 Å². The number of rotatable bonds is 2. The normalized spacial score (nSPS) is 11.3. The molecule has 0 aliphatic heterocycles. The van der Waals surface area contributed by atoms with Crippen LogP contribution in [0.2, 0.25) is 0 Å². The Hall–Kier alpha value is -1.55. The highest BCUT2D eigenvalue weighted by molar-refractivity contribution is 9.10. The molecule has 0 amide bonds. The molecule has 0 bridgehead atoms. The zero-order valence-corrected chi connectivity index (χ0v) is 9.28. The molecule has 0 atom stereocenters. The van der Waals surface area contributed by atoms with Gasteiger partial charge in [-0.1, -0.05) is 22.0 Å². The third-order valence-corrected chi connectivity index (χ3v) is 2.50. The van der Waals surface area contributed by atoms with Gasteiger partial charge in [0.05, 0.1) is 0 Å². The lowest BCUT2D eigenvalue weighted by Gasteiger charge is -1.89. The number of H-pyrrole nitrogens is 1. The van der Waals surface area contributed by atoms with Crippen molar-refractivity contribution in [3.05, 3.63) is 40.5 Å². The molecule has 0 saturated heterocycles. The highest BCUT2D eigenvalue weighted by Crippen LogP contribution is 2.20. The molecule has 4 heteroatoms. The number of aromatic nitrogens is 1. The number of aliphatic carboxylic acids is 1. The maximum Gasteiger partial charge on any atom is 0.328 e. The van der Waals surface area contributed by atoms with E-state index in [0.29, 0.717) is 0 Å². The van der Waals surface area contributed by atoms with Gasteiger partial charge in [0.25, 0.3) is 0 Å². The molecule has 0 spiro atoms. The minimum atomic E-state index is -0.949. The minimum Gasteiger partial charge on any atom is -0.478 e. The molecule has 15 heavy (non-hydrogen) atoms. The molecule has 0 fully saturated rings. The van der Waals surface area contributed by atoms with Gasteiger partial charge in [0.2, 0.25) is 0 Å². The number of carbonyl (C=O) groups is 1. The minimum absolute atomic E-state index is 0.783. The first-order chi connectivity index (χ1) is 7.15. The topological polar surface area (TPSA) is 53.1 Å². The molecule has 0 saturated carbocycles. The van der Waals surface area contributed by atoms with Crippen molar-refractivity contribution in [1.29, 1.82) is 0 Å². The fourth-order valence-electron chi connectivity index (χ4n) is 1.37. The average Bonchev–Trinajstić information content (AvgIpc) is 2.56. The summed E-state index contributed by atoms with van der Waals surface area (Å²) in [5.41, 5.74) is 1.76. The van der Waals surface area contributed by atoms with Gasteiger partial charge in [-0.05, 0) is 24.3 Å². The van der Waals surface area contributed by atoms with Crippen LogP contribution in [0, 0.1) is 0 Å². The van der Waals surface area contributed by atoms with E-state index in [-0.39, 0.29) is 0 Å². The van der Waals surface area contributed by atoms with Gasteiger partial charge in [0.15, 0.2) is 0 Å². The zero-order chi connectivity index (χ0) is 10.8. The van der Waals surface area contributed by atoms with Crippen molar-refractivity contribution in [3.8, 4) is 0 Å². The van der Waals surface area contributed by atoms with Crippen LogP contribution >= 0.6 is 15.9 Å². The Morgan fingerprint density at radius 2 is 2.20 bits per heavy atom. The highest BCUT2D eigenvalue weighted by Gasteiger charge is 1.98. The molecule has 2 N–H and O–H groups in total. The predicted octanol–water partition coefficient (Wildman–Crippen LogP) is 3.03. The van der Waals surface area contributed by atoms with Crippen molar-refractivity contribution in [2.75, 3.05) is 0 Å². The quantitative estimate of drug-likeness (QED) is 0.821. The highest BCUT2D eigenvalue weighted by atomic mass is 79.9. The number of carboxylic acid groups (broad SMARTS) is 1. The predicted molar refractivity (Wildman–Crippen MR) is 62.7 cm³/mol. The van der Waals surface area contributed by atoms with Crippen LogP contribution in [0.3, 0.4) is 0 Å². The van der Waals surface area contributed by atoms with E-state index >= 15 is 0 Å². The van der Waals surface area contributed by atoms with E-state index < -0.39 is 5.97 Å². The van der Waals surface area contributed by atoms with Gasteiger partial charge in [-0.25, -0.2) is 4.79 Å². The monoisotopic (exact) mass is 265 g/mol. The number of hydrogen-bond donors (Lipinski definition) is 2. The smallest absolute Gasteiger partial charge is 0.328 e. The van der Waals surface area contributed by atoms with E-state index in [4.69, 9.17) is 5.11 Å². The van der Waals surface area contributed by atoms with E-state index in [0.717, 1.165) is 27.1 Å². The van der Waals surface area contributed by atoms with Crippen molar-refractivity contribution in [3.63, 3.8) is 0 Å². The standard InChI is InChI=1S/C11H8BrNO2/c12-8-2-1-7-5-9(3-4-11(14)15)13-10(7)6-8/h1-6,13H,(H,14,15). The first-order valence-corrected chi connectivity index (χ1v) is 5.14. The van der Waals surface area contributed by atoms with Crippen LogP contribution in [0.25, 0.3) is 17.0 Å².